The molecule has 0 aliphatic heterocycles. The Morgan fingerprint density at radius 2 is 1.38 bits per heavy atom. The van der Waals surface area contributed by atoms with Gasteiger partial charge in [-0.1, -0.05) is 0 Å². The van der Waals surface area contributed by atoms with Gasteiger partial charge in [0.15, 0.2) is 0 Å². The van der Waals surface area contributed by atoms with Crippen LogP contribution in [0.4, 0.5) is 0 Å². The van der Waals surface area contributed by atoms with Crippen LogP contribution in [-0.4, -0.2) is 39.1 Å². The molecule has 0 fully saturated rings. The van der Waals surface area contributed by atoms with Crippen LogP contribution in [0.25, 0.3) is 0 Å². The van der Waals surface area contributed by atoms with Crippen LogP contribution in [-0.2, 0) is 14.3 Å². The van der Waals surface area contributed by atoms with Gasteiger partial charge in [0.1, 0.15) is 0 Å². The molecule has 0 heterocycles. The first kappa shape index (κ1) is 11.9. The van der Waals surface area contributed by atoms with Gasteiger partial charge in [-0.25, -0.2) is 0 Å². The molecule has 0 saturated carbocycles. The molecule has 0 atom stereocenters. The summed E-state index contributed by atoms with van der Waals surface area (Å²) in [6, 6.07) is 0. The van der Waals surface area contributed by atoms with E-state index in [-0.39, 0.29) is 11.8 Å². The van der Waals surface area contributed by atoms with E-state index in [1.807, 2.05) is 0 Å². The van der Waals surface area contributed by atoms with Crippen molar-refractivity contribution >= 4 is 11.8 Å². The number of hydrogen-bond acceptors (Lipinski definition) is 3. The van der Waals surface area contributed by atoms with E-state index in [2.05, 4.69) is 10.6 Å². The Bertz CT molecular complexity index is 153. The molecule has 0 aliphatic carbocycles. The third-order valence-electron chi connectivity index (χ3n) is 1.50. The Hall–Kier alpha value is -1.10. The first-order chi connectivity index (χ1) is 6.20. The van der Waals surface area contributed by atoms with Crippen molar-refractivity contribution in [3.63, 3.8) is 0 Å². The molecule has 0 bridgehead atoms. The molecular formula is C8H16N2O3. The zero-order valence-corrected chi connectivity index (χ0v) is 8.05. The number of carbonyl (C=O) groups is 2. The molecule has 0 aliphatic rings. The maximum absolute atomic E-state index is 10.7. The topological polar surface area (TPSA) is 67.4 Å². The predicted molar refractivity (Wildman–Crippen MR) is 48.2 cm³/mol. The molecule has 0 rings (SSSR count). The van der Waals surface area contributed by atoms with Crippen LogP contribution >= 0.6 is 0 Å². The summed E-state index contributed by atoms with van der Waals surface area (Å²) in [6.45, 7) is 0.716. The van der Waals surface area contributed by atoms with Crippen molar-refractivity contribution < 1.29 is 14.3 Å². The minimum atomic E-state index is -0.0556. The van der Waals surface area contributed by atoms with Crippen LogP contribution in [0.2, 0.25) is 0 Å². The number of carbonyl (C=O) groups excluding carboxylic acids is 2. The molecular weight excluding hydrogens is 172 g/mol. The lowest BCUT2D eigenvalue weighted by molar-refractivity contribution is -0.122. The van der Waals surface area contributed by atoms with Gasteiger partial charge in [-0.05, 0) is 0 Å². The number of amides is 2. The van der Waals surface area contributed by atoms with E-state index in [1.165, 1.54) is 0 Å². The Kier molecular flexibility index (Phi) is 6.91. The van der Waals surface area contributed by atoms with Crippen LogP contribution < -0.4 is 10.6 Å². The number of ether oxygens (including phenoxy) is 1. The zero-order valence-electron chi connectivity index (χ0n) is 8.05. The van der Waals surface area contributed by atoms with Gasteiger partial charge in [0, 0.05) is 26.9 Å². The highest BCUT2D eigenvalue weighted by Crippen LogP contribution is 1.86. The third-order valence-corrected chi connectivity index (χ3v) is 1.50. The maximum Gasteiger partial charge on any atom is 0.222 e. The standard InChI is InChI=1S/C8H16N2O3/c1-9-7(11)3-5-13-6-4-8(12)10-2/h3-6H2,1-2H3,(H,9,11)(H,10,12). The van der Waals surface area contributed by atoms with Crippen molar-refractivity contribution in [1.82, 2.24) is 10.6 Å². The van der Waals surface area contributed by atoms with Crippen molar-refractivity contribution in [3.8, 4) is 0 Å². The van der Waals surface area contributed by atoms with Crippen molar-refractivity contribution in [3.05, 3.63) is 0 Å². The fraction of sp³-hybridized carbons (Fsp3) is 0.750. The highest BCUT2D eigenvalue weighted by Gasteiger charge is 1.99. The van der Waals surface area contributed by atoms with Crippen LogP contribution in [0.15, 0.2) is 0 Å². The fourth-order valence-corrected chi connectivity index (χ4v) is 0.682. The number of nitrogens with one attached hydrogen (secondary N) is 2. The molecule has 0 radical (unpaired) electrons. The van der Waals surface area contributed by atoms with Gasteiger partial charge in [0.05, 0.1) is 13.2 Å². The van der Waals surface area contributed by atoms with Gasteiger partial charge in [0.25, 0.3) is 0 Å². The minimum absolute atomic E-state index is 0.0556. The summed E-state index contributed by atoms with van der Waals surface area (Å²) in [7, 11) is 3.15. The second kappa shape index (κ2) is 7.54. The first-order valence-corrected chi connectivity index (χ1v) is 4.19. The van der Waals surface area contributed by atoms with Gasteiger partial charge in [-0.3, -0.25) is 9.59 Å². The van der Waals surface area contributed by atoms with Crippen LogP contribution in [0, 0.1) is 0 Å². The van der Waals surface area contributed by atoms with E-state index in [4.69, 9.17) is 4.74 Å². The molecule has 0 aromatic heterocycles. The molecule has 5 nitrogen and oxygen atoms in total. The normalized spacial score (nSPS) is 9.38. The first-order valence-electron chi connectivity index (χ1n) is 4.19. The highest BCUT2D eigenvalue weighted by atomic mass is 16.5. The zero-order chi connectivity index (χ0) is 10.1. The van der Waals surface area contributed by atoms with Gasteiger partial charge in [0.2, 0.25) is 11.8 Å². The summed E-state index contributed by atoms with van der Waals surface area (Å²) in [5, 5.41) is 4.96. The van der Waals surface area contributed by atoms with Gasteiger partial charge in [-0.15, -0.1) is 0 Å². The predicted octanol–water partition coefficient (Wildman–Crippen LogP) is -0.725. The molecule has 0 spiro atoms. The van der Waals surface area contributed by atoms with Crippen molar-refractivity contribution in [1.29, 1.82) is 0 Å². The average Bonchev–Trinajstić information content (AvgIpc) is 2.16. The second-order valence-electron chi connectivity index (χ2n) is 2.46. The summed E-state index contributed by atoms with van der Waals surface area (Å²) < 4.78 is 5.06. The molecule has 2 N–H and O–H groups in total. The quantitative estimate of drug-likeness (QED) is 0.540. The molecule has 76 valence electrons. The van der Waals surface area contributed by atoms with E-state index in [1.54, 1.807) is 14.1 Å². The van der Waals surface area contributed by atoms with Crippen LogP contribution in [0.3, 0.4) is 0 Å². The monoisotopic (exact) mass is 188 g/mol. The lowest BCUT2D eigenvalue weighted by Crippen LogP contribution is -2.21. The SMILES string of the molecule is CNC(=O)CCOCCC(=O)NC. The van der Waals surface area contributed by atoms with E-state index in [0.717, 1.165) is 0 Å². The molecule has 13 heavy (non-hydrogen) atoms. The summed E-state index contributed by atoms with van der Waals surface area (Å²) in [6.07, 6.45) is 0.675. The summed E-state index contributed by atoms with van der Waals surface area (Å²) >= 11 is 0. The van der Waals surface area contributed by atoms with Crippen LogP contribution in [0.1, 0.15) is 12.8 Å². The summed E-state index contributed by atoms with van der Waals surface area (Å²) in [4.78, 5) is 21.4. The summed E-state index contributed by atoms with van der Waals surface area (Å²) in [5.41, 5.74) is 0. The van der Waals surface area contributed by atoms with Crippen molar-refractivity contribution in [2.24, 2.45) is 0 Å². The largest absolute Gasteiger partial charge is 0.380 e. The van der Waals surface area contributed by atoms with Crippen molar-refractivity contribution in [2.45, 2.75) is 12.8 Å². The molecule has 0 aromatic carbocycles. The lowest BCUT2D eigenvalue weighted by atomic mass is 10.4. The Balaban J connectivity index is 3.17. The van der Waals surface area contributed by atoms with E-state index in [0.29, 0.717) is 26.1 Å². The van der Waals surface area contributed by atoms with E-state index < -0.39 is 0 Å². The summed E-state index contributed by atoms with van der Waals surface area (Å²) in [5.74, 6) is -0.111. The molecule has 0 unspecified atom stereocenters. The van der Waals surface area contributed by atoms with Gasteiger partial charge in [-0.2, -0.15) is 0 Å². The van der Waals surface area contributed by atoms with E-state index in [9.17, 15) is 9.59 Å². The fourth-order valence-electron chi connectivity index (χ4n) is 0.682. The molecule has 2 amide bonds. The number of hydrogen-bond donors (Lipinski definition) is 2. The average molecular weight is 188 g/mol. The van der Waals surface area contributed by atoms with Crippen LogP contribution in [0.5, 0.6) is 0 Å². The molecule has 5 heteroatoms. The van der Waals surface area contributed by atoms with E-state index >= 15 is 0 Å². The second-order valence-corrected chi connectivity index (χ2v) is 2.46. The molecule has 0 saturated heterocycles. The highest BCUT2D eigenvalue weighted by molar-refractivity contribution is 5.76. The van der Waals surface area contributed by atoms with Gasteiger partial charge >= 0.3 is 0 Å². The van der Waals surface area contributed by atoms with Crippen molar-refractivity contribution in [2.75, 3.05) is 27.3 Å². The lowest BCUT2D eigenvalue weighted by Gasteiger charge is -2.02. The smallest absolute Gasteiger partial charge is 0.222 e. The maximum atomic E-state index is 10.7. The third kappa shape index (κ3) is 7.27. The number of rotatable bonds is 6. The minimum Gasteiger partial charge on any atom is -0.380 e. The molecule has 0 aromatic rings. The Labute approximate surface area is 77.8 Å². The Morgan fingerprint density at radius 3 is 1.69 bits per heavy atom. The Morgan fingerprint density at radius 1 is 1.00 bits per heavy atom. The van der Waals surface area contributed by atoms with Gasteiger partial charge < -0.3 is 15.4 Å².